The highest BCUT2D eigenvalue weighted by Gasteiger charge is 2.29. The van der Waals surface area contributed by atoms with Gasteiger partial charge in [-0.15, -0.1) is 0 Å². The molecule has 0 aliphatic carbocycles. The van der Waals surface area contributed by atoms with Crippen molar-refractivity contribution in [3.8, 4) is 11.5 Å². The summed E-state index contributed by atoms with van der Waals surface area (Å²) in [7, 11) is 0. The summed E-state index contributed by atoms with van der Waals surface area (Å²) in [6, 6.07) is 6.95. The number of nitrogens with zero attached hydrogens (tertiary/aromatic N) is 4. The van der Waals surface area contributed by atoms with E-state index in [4.69, 9.17) is 19.2 Å². The van der Waals surface area contributed by atoms with Crippen LogP contribution in [-0.4, -0.2) is 70.8 Å². The summed E-state index contributed by atoms with van der Waals surface area (Å²) in [6.45, 7) is 8.26. The topological polar surface area (TPSA) is 108 Å². The van der Waals surface area contributed by atoms with Crippen molar-refractivity contribution in [3.05, 3.63) is 54.4 Å². The molecular formula is C27H31N5O5. The van der Waals surface area contributed by atoms with Crippen LogP contribution < -0.4 is 14.8 Å². The second kappa shape index (κ2) is 11.0. The van der Waals surface area contributed by atoms with Crippen LogP contribution in [0, 0.1) is 6.92 Å². The van der Waals surface area contributed by atoms with Crippen LogP contribution >= 0.6 is 0 Å². The summed E-state index contributed by atoms with van der Waals surface area (Å²) in [5.41, 5.74) is 2.61. The van der Waals surface area contributed by atoms with Crippen LogP contribution in [0.5, 0.6) is 11.5 Å². The monoisotopic (exact) mass is 505 g/mol. The predicted molar refractivity (Wildman–Crippen MR) is 138 cm³/mol. The van der Waals surface area contributed by atoms with Gasteiger partial charge in [0, 0.05) is 30.5 Å². The molecule has 0 radical (unpaired) electrons. The number of aromatic nitrogens is 3. The molecule has 1 aromatic carbocycles. The molecule has 1 fully saturated rings. The fraction of sp³-hybridized carbons (Fsp3) is 0.407. The standard InChI is InChI=1S/C27H31N5O5/c1-3-23(33)31-11-5-4-6-20(17-31)32-24-21(7-8-22-25(24)37-15-13-35-12-14-36-22)29-27(32)30-26(34)19-9-10-28-18(2)16-19/h3,7-10,16,20H,1,4-6,11-15,17H2,2H3,(H,29,30,34). The Hall–Kier alpha value is -3.92. The minimum Gasteiger partial charge on any atom is -0.487 e. The second-order valence-electron chi connectivity index (χ2n) is 9.15. The van der Waals surface area contributed by atoms with Gasteiger partial charge in [0.2, 0.25) is 11.9 Å². The number of fused-ring (bicyclic) bond motifs is 3. The highest BCUT2D eigenvalue weighted by molar-refractivity contribution is 6.04. The van der Waals surface area contributed by atoms with E-state index in [1.807, 2.05) is 23.6 Å². The number of nitrogens with one attached hydrogen (secondary N) is 1. The van der Waals surface area contributed by atoms with Gasteiger partial charge in [-0.25, -0.2) is 4.98 Å². The van der Waals surface area contributed by atoms with Crippen molar-refractivity contribution in [2.75, 3.05) is 44.8 Å². The average molecular weight is 506 g/mol. The fourth-order valence-corrected chi connectivity index (χ4v) is 4.87. The van der Waals surface area contributed by atoms with Crippen LogP contribution in [0.4, 0.5) is 5.95 Å². The van der Waals surface area contributed by atoms with E-state index >= 15 is 0 Å². The van der Waals surface area contributed by atoms with Gasteiger partial charge in [-0.2, -0.15) is 0 Å². The lowest BCUT2D eigenvalue weighted by Gasteiger charge is -2.26. The van der Waals surface area contributed by atoms with E-state index in [0.717, 1.165) is 30.5 Å². The zero-order valence-electron chi connectivity index (χ0n) is 20.9. The van der Waals surface area contributed by atoms with Crippen molar-refractivity contribution in [2.24, 2.45) is 0 Å². The zero-order chi connectivity index (χ0) is 25.8. The van der Waals surface area contributed by atoms with E-state index in [1.54, 1.807) is 23.2 Å². The Labute approximate surface area is 215 Å². The molecular weight excluding hydrogens is 474 g/mol. The molecule has 3 aromatic rings. The minimum absolute atomic E-state index is 0.113. The third-order valence-electron chi connectivity index (χ3n) is 6.61. The number of hydrogen-bond donors (Lipinski definition) is 1. The van der Waals surface area contributed by atoms with Gasteiger partial charge in [-0.3, -0.25) is 19.9 Å². The molecule has 2 amide bonds. The molecule has 2 aliphatic rings. The summed E-state index contributed by atoms with van der Waals surface area (Å²) in [4.78, 5) is 36.6. The highest BCUT2D eigenvalue weighted by atomic mass is 16.6. The lowest BCUT2D eigenvalue weighted by molar-refractivity contribution is -0.126. The molecule has 4 heterocycles. The molecule has 2 aromatic heterocycles. The molecule has 1 unspecified atom stereocenters. The molecule has 194 valence electrons. The maximum Gasteiger partial charge on any atom is 0.258 e. The van der Waals surface area contributed by atoms with Gasteiger partial charge in [0.1, 0.15) is 18.7 Å². The van der Waals surface area contributed by atoms with Gasteiger partial charge in [-0.05, 0) is 56.5 Å². The fourth-order valence-electron chi connectivity index (χ4n) is 4.87. The van der Waals surface area contributed by atoms with Crippen LogP contribution in [0.25, 0.3) is 11.0 Å². The predicted octanol–water partition coefficient (Wildman–Crippen LogP) is 3.52. The van der Waals surface area contributed by atoms with Gasteiger partial charge in [-0.1, -0.05) is 6.58 Å². The third-order valence-corrected chi connectivity index (χ3v) is 6.61. The smallest absolute Gasteiger partial charge is 0.258 e. The summed E-state index contributed by atoms with van der Waals surface area (Å²) in [5, 5.41) is 3.01. The molecule has 5 rings (SSSR count). The van der Waals surface area contributed by atoms with E-state index in [2.05, 4.69) is 16.9 Å². The van der Waals surface area contributed by atoms with Crippen LogP contribution in [-0.2, 0) is 9.53 Å². The Bertz CT molecular complexity index is 1320. The number of carbonyl (C=O) groups excluding carboxylic acids is 2. The zero-order valence-corrected chi connectivity index (χ0v) is 20.9. The summed E-state index contributed by atoms with van der Waals surface area (Å²) < 4.78 is 19.7. The first kappa shape index (κ1) is 24.8. The lowest BCUT2D eigenvalue weighted by Crippen LogP contribution is -2.34. The molecule has 37 heavy (non-hydrogen) atoms. The summed E-state index contributed by atoms with van der Waals surface area (Å²) in [5.74, 6) is 1.13. The lowest BCUT2D eigenvalue weighted by atomic mass is 10.1. The number of carbonyl (C=O) groups is 2. The van der Waals surface area contributed by atoms with Crippen molar-refractivity contribution in [1.82, 2.24) is 19.4 Å². The minimum atomic E-state index is -0.292. The number of amides is 2. The van der Waals surface area contributed by atoms with E-state index < -0.39 is 0 Å². The molecule has 0 spiro atoms. The largest absolute Gasteiger partial charge is 0.487 e. The number of anilines is 1. The third kappa shape index (κ3) is 5.29. The second-order valence-corrected chi connectivity index (χ2v) is 9.15. The normalized spacial score (nSPS) is 18.3. The summed E-state index contributed by atoms with van der Waals surface area (Å²) in [6.07, 6.45) is 5.56. The Morgan fingerprint density at radius 3 is 2.78 bits per heavy atom. The Balaban J connectivity index is 1.63. The Kier molecular flexibility index (Phi) is 7.36. The van der Waals surface area contributed by atoms with Crippen molar-refractivity contribution in [2.45, 2.75) is 32.2 Å². The van der Waals surface area contributed by atoms with Crippen LogP contribution in [0.2, 0.25) is 0 Å². The van der Waals surface area contributed by atoms with Crippen molar-refractivity contribution in [1.29, 1.82) is 0 Å². The molecule has 2 aliphatic heterocycles. The van der Waals surface area contributed by atoms with E-state index in [1.165, 1.54) is 6.08 Å². The maximum atomic E-state index is 13.3. The number of aryl methyl sites for hydroxylation is 1. The molecule has 0 saturated carbocycles. The first-order valence-corrected chi connectivity index (χ1v) is 12.6. The first-order chi connectivity index (χ1) is 18.0. The van der Waals surface area contributed by atoms with Gasteiger partial charge < -0.3 is 23.7 Å². The number of benzene rings is 1. The Morgan fingerprint density at radius 2 is 1.97 bits per heavy atom. The maximum absolute atomic E-state index is 13.3. The van der Waals surface area contributed by atoms with Gasteiger partial charge >= 0.3 is 0 Å². The van der Waals surface area contributed by atoms with E-state index in [0.29, 0.717) is 68.0 Å². The van der Waals surface area contributed by atoms with E-state index in [9.17, 15) is 9.59 Å². The number of hydrogen-bond acceptors (Lipinski definition) is 7. The van der Waals surface area contributed by atoms with Crippen molar-refractivity contribution < 1.29 is 23.8 Å². The molecule has 1 N–H and O–H groups in total. The quantitative estimate of drug-likeness (QED) is 0.541. The van der Waals surface area contributed by atoms with Gasteiger partial charge in [0.05, 0.1) is 24.8 Å². The molecule has 1 atom stereocenters. The van der Waals surface area contributed by atoms with Crippen molar-refractivity contribution >= 4 is 28.8 Å². The first-order valence-electron chi connectivity index (χ1n) is 12.6. The van der Waals surface area contributed by atoms with Gasteiger partial charge in [0.15, 0.2) is 11.5 Å². The van der Waals surface area contributed by atoms with Crippen LogP contribution in [0.1, 0.15) is 41.4 Å². The van der Waals surface area contributed by atoms with Crippen molar-refractivity contribution in [3.63, 3.8) is 0 Å². The number of ether oxygens (including phenoxy) is 3. The molecule has 1 saturated heterocycles. The SMILES string of the molecule is C=CC(=O)N1CCCCC(n2c(NC(=O)c3ccnc(C)c3)nc3ccc4c(c32)OCCOCCO4)C1. The van der Waals surface area contributed by atoms with Crippen LogP contribution in [0.3, 0.4) is 0 Å². The number of rotatable bonds is 4. The van der Waals surface area contributed by atoms with Gasteiger partial charge in [0.25, 0.3) is 5.91 Å². The summed E-state index contributed by atoms with van der Waals surface area (Å²) >= 11 is 0. The molecule has 10 nitrogen and oxygen atoms in total. The molecule has 10 heteroatoms. The number of pyridine rings is 1. The number of likely N-dealkylation sites (tertiary alicyclic amines) is 1. The molecule has 0 bridgehead atoms. The highest BCUT2D eigenvalue weighted by Crippen LogP contribution is 2.41. The van der Waals surface area contributed by atoms with Crippen LogP contribution in [0.15, 0.2) is 43.1 Å². The number of imidazole rings is 1. The van der Waals surface area contributed by atoms with E-state index in [-0.39, 0.29) is 17.9 Å². The Morgan fingerprint density at radius 1 is 1.14 bits per heavy atom. The average Bonchev–Trinajstić information content (AvgIpc) is 3.15.